The molecule has 0 atom stereocenters. The van der Waals surface area contributed by atoms with Gasteiger partial charge in [0.1, 0.15) is 5.70 Å². The zero-order chi connectivity index (χ0) is 17.5. The Morgan fingerprint density at radius 3 is 2.88 bits per heavy atom. The molecule has 2 aromatic rings. The number of hydrogen-bond acceptors (Lipinski definition) is 6. The highest BCUT2D eigenvalue weighted by Gasteiger charge is 2.20. The maximum Gasteiger partial charge on any atom is 0.273 e. The van der Waals surface area contributed by atoms with Crippen molar-refractivity contribution in [1.82, 2.24) is 15.3 Å². The van der Waals surface area contributed by atoms with Crippen LogP contribution in [0.4, 0.5) is 11.5 Å². The Balaban J connectivity index is 1.50. The molecule has 0 unspecified atom stereocenters. The van der Waals surface area contributed by atoms with Crippen molar-refractivity contribution in [2.45, 2.75) is 0 Å². The fourth-order valence-corrected chi connectivity index (χ4v) is 2.13. The highest BCUT2D eigenvalue weighted by Crippen LogP contribution is 2.24. The van der Waals surface area contributed by atoms with E-state index in [0.29, 0.717) is 24.6 Å². The third kappa shape index (κ3) is 4.47. The number of nitrogens with one attached hydrogen (secondary N) is 3. The fraction of sp³-hybridized carbons (Fsp3) is 0.118. The van der Waals surface area contributed by atoms with Crippen LogP contribution in [-0.2, 0) is 9.59 Å². The fourth-order valence-electron chi connectivity index (χ4n) is 2.13. The second-order valence-electron chi connectivity index (χ2n) is 5.14. The van der Waals surface area contributed by atoms with Crippen LogP contribution in [0.15, 0.2) is 59.6 Å². The standard InChI is InChI=1S/C17H16N6O2/c24-15(20-9-8-19-11-12-3-6-18-7-4-12)10-14-17(25)23-16-13(22-14)2-1-5-21-16/h1-7,10-11,22H,8-9H2,(H,20,24)(H,21,23,25)/b14-10+,19-11?. The Labute approximate surface area is 144 Å². The number of amides is 2. The van der Waals surface area contributed by atoms with Gasteiger partial charge in [0.25, 0.3) is 5.91 Å². The van der Waals surface area contributed by atoms with Crippen molar-refractivity contribution in [2.75, 3.05) is 23.7 Å². The lowest BCUT2D eigenvalue weighted by molar-refractivity contribution is -0.117. The van der Waals surface area contributed by atoms with E-state index >= 15 is 0 Å². The average Bonchev–Trinajstić information content (AvgIpc) is 2.63. The van der Waals surface area contributed by atoms with Crippen LogP contribution in [0.5, 0.6) is 0 Å². The van der Waals surface area contributed by atoms with E-state index in [1.807, 2.05) is 12.1 Å². The van der Waals surface area contributed by atoms with Gasteiger partial charge in [-0.15, -0.1) is 0 Å². The summed E-state index contributed by atoms with van der Waals surface area (Å²) < 4.78 is 0. The summed E-state index contributed by atoms with van der Waals surface area (Å²) in [6, 6.07) is 7.18. The number of fused-ring (bicyclic) bond motifs is 1. The highest BCUT2D eigenvalue weighted by molar-refractivity contribution is 6.13. The lowest BCUT2D eigenvalue weighted by Crippen LogP contribution is -2.30. The maximum absolute atomic E-state index is 11.9. The maximum atomic E-state index is 11.9. The molecule has 0 saturated carbocycles. The minimum atomic E-state index is -0.406. The molecule has 3 heterocycles. The van der Waals surface area contributed by atoms with Gasteiger partial charge in [-0.3, -0.25) is 19.6 Å². The number of pyridine rings is 2. The molecule has 0 aliphatic carbocycles. The first kappa shape index (κ1) is 16.3. The van der Waals surface area contributed by atoms with Gasteiger partial charge in [-0.25, -0.2) is 4.98 Å². The summed E-state index contributed by atoms with van der Waals surface area (Å²) in [7, 11) is 0. The van der Waals surface area contributed by atoms with Crippen molar-refractivity contribution in [3.63, 3.8) is 0 Å². The Hall–Kier alpha value is -3.55. The van der Waals surface area contributed by atoms with Crippen molar-refractivity contribution >= 4 is 29.5 Å². The Morgan fingerprint density at radius 1 is 1.20 bits per heavy atom. The van der Waals surface area contributed by atoms with Gasteiger partial charge < -0.3 is 16.0 Å². The number of aliphatic imine (C=N–C) groups is 1. The van der Waals surface area contributed by atoms with Gasteiger partial charge in [-0.2, -0.15) is 0 Å². The lowest BCUT2D eigenvalue weighted by Gasteiger charge is -2.19. The summed E-state index contributed by atoms with van der Waals surface area (Å²) in [5.41, 5.74) is 1.75. The van der Waals surface area contributed by atoms with Crippen LogP contribution in [-0.4, -0.2) is 41.1 Å². The average molecular weight is 336 g/mol. The normalized spacial score (nSPS) is 14.7. The van der Waals surface area contributed by atoms with E-state index < -0.39 is 5.91 Å². The van der Waals surface area contributed by atoms with Crippen LogP contribution in [0.2, 0.25) is 0 Å². The number of carbonyl (C=O) groups excluding carboxylic acids is 2. The molecule has 8 nitrogen and oxygen atoms in total. The van der Waals surface area contributed by atoms with Crippen LogP contribution in [0.3, 0.4) is 0 Å². The van der Waals surface area contributed by atoms with Gasteiger partial charge in [-0.05, 0) is 29.8 Å². The summed E-state index contributed by atoms with van der Waals surface area (Å²) >= 11 is 0. The van der Waals surface area contributed by atoms with Crippen molar-refractivity contribution in [1.29, 1.82) is 0 Å². The van der Waals surface area contributed by atoms with Crippen LogP contribution < -0.4 is 16.0 Å². The lowest BCUT2D eigenvalue weighted by atomic mass is 10.2. The largest absolute Gasteiger partial charge is 0.351 e. The molecular formula is C17H16N6O2. The molecule has 0 fully saturated rings. The quantitative estimate of drug-likeness (QED) is 0.428. The molecule has 0 bridgehead atoms. The number of aromatic nitrogens is 2. The van der Waals surface area contributed by atoms with E-state index in [-0.39, 0.29) is 11.6 Å². The van der Waals surface area contributed by atoms with E-state index in [2.05, 4.69) is 30.9 Å². The number of rotatable bonds is 5. The SMILES string of the molecule is O=C(/C=C1/Nc2cccnc2NC1=O)NCCN=Cc1ccncc1. The molecule has 3 rings (SSSR count). The van der Waals surface area contributed by atoms with Gasteiger partial charge in [-0.1, -0.05) is 0 Å². The van der Waals surface area contributed by atoms with Gasteiger partial charge in [0, 0.05) is 37.4 Å². The molecular weight excluding hydrogens is 320 g/mol. The number of nitrogens with zero attached hydrogens (tertiary/aromatic N) is 3. The van der Waals surface area contributed by atoms with Crippen molar-refractivity contribution in [3.05, 3.63) is 60.2 Å². The predicted molar refractivity (Wildman–Crippen MR) is 94.3 cm³/mol. The van der Waals surface area contributed by atoms with Crippen LogP contribution in [0.1, 0.15) is 5.56 Å². The Morgan fingerprint density at radius 2 is 2.04 bits per heavy atom. The number of anilines is 2. The predicted octanol–water partition coefficient (Wildman–Crippen LogP) is 0.960. The van der Waals surface area contributed by atoms with Crippen LogP contribution >= 0.6 is 0 Å². The molecule has 1 aliphatic rings. The number of hydrogen-bond donors (Lipinski definition) is 3. The highest BCUT2D eigenvalue weighted by atomic mass is 16.2. The molecule has 8 heteroatoms. The van der Waals surface area contributed by atoms with E-state index in [1.165, 1.54) is 6.08 Å². The summed E-state index contributed by atoms with van der Waals surface area (Å²) in [6.07, 6.45) is 7.88. The summed E-state index contributed by atoms with van der Waals surface area (Å²) in [6.45, 7) is 0.799. The smallest absolute Gasteiger partial charge is 0.273 e. The molecule has 1 aliphatic heterocycles. The third-order valence-electron chi connectivity index (χ3n) is 3.32. The van der Waals surface area contributed by atoms with E-state index in [1.54, 1.807) is 36.9 Å². The molecule has 0 spiro atoms. The second-order valence-corrected chi connectivity index (χ2v) is 5.14. The molecule has 0 aromatic carbocycles. The monoisotopic (exact) mass is 336 g/mol. The van der Waals surface area contributed by atoms with Gasteiger partial charge in [0.05, 0.1) is 12.2 Å². The molecule has 25 heavy (non-hydrogen) atoms. The van der Waals surface area contributed by atoms with Crippen molar-refractivity contribution < 1.29 is 9.59 Å². The first-order valence-corrected chi connectivity index (χ1v) is 7.65. The van der Waals surface area contributed by atoms with Crippen molar-refractivity contribution in [2.24, 2.45) is 4.99 Å². The zero-order valence-electron chi connectivity index (χ0n) is 13.3. The third-order valence-corrected chi connectivity index (χ3v) is 3.32. The molecule has 126 valence electrons. The first-order chi connectivity index (χ1) is 12.2. The van der Waals surface area contributed by atoms with Crippen molar-refractivity contribution in [3.8, 4) is 0 Å². The summed E-state index contributed by atoms with van der Waals surface area (Å²) in [5.74, 6) is -0.336. The zero-order valence-corrected chi connectivity index (χ0v) is 13.3. The van der Waals surface area contributed by atoms with E-state index in [0.717, 1.165) is 5.56 Å². The molecule has 0 radical (unpaired) electrons. The van der Waals surface area contributed by atoms with Crippen LogP contribution in [0, 0.1) is 0 Å². The Kier molecular flexibility index (Phi) is 5.10. The van der Waals surface area contributed by atoms with E-state index in [9.17, 15) is 9.59 Å². The van der Waals surface area contributed by atoms with Crippen LogP contribution in [0.25, 0.3) is 0 Å². The van der Waals surface area contributed by atoms with Gasteiger partial charge >= 0.3 is 0 Å². The first-order valence-electron chi connectivity index (χ1n) is 7.65. The molecule has 0 saturated heterocycles. The topological polar surface area (TPSA) is 108 Å². The van der Waals surface area contributed by atoms with Gasteiger partial charge in [0.15, 0.2) is 5.82 Å². The molecule has 2 amide bonds. The molecule has 2 aromatic heterocycles. The second kappa shape index (κ2) is 7.82. The minimum Gasteiger partial charge on any atom is -0.351 e. The minimum absolute atomic E-state index is 0.165. The molecule has 3 N–H and O–H groups in total. The summed E-state index contributed by atoms with van der Waals surface area (Å²) in [5, 5.41) is 8.20. The summed E-state index contributed by atoms with van der Waals surface area (Å²) in [4.78, 5) is 36.0. The number of carbonyl (C=O) groups is 2. The van der Waals surface area contributed by atoms with Gasteiger partial charge in [0.2, 0.25) is 5.91 Å². The Bertz CT molecular complexity index is 832. The van der Waals surface area contributed by atoms with E-state index in [4.69, 9.17) is 0 Å².